The monoisotopic (exact) mass is 206 g/mol. The van der Waals surface area contributed by atoms with Crippen LogP contribution in [0.5, 0.6) is 0 Å². The molecule has 0 spiro atoms. The molecule has 12 heavy (non-hydrogen) atoms. The van der Waals surface area contributed by atoms with E-state index in [9.17, 15) is 13.2 Å². The Balaban J connectivity index is -0.000000167. The van der Waals surface area contributed by atoms with Crippen LogP contribution in [0.15, 0.2) is 12.7 Å². The Labute approximate surface area is 89.7 Å². The van der Waals surface area contributed by atoms with E-state index in [1.165, 1.54) is 0 Å². The molecule has 0 fully saturated rings. The van der Waals surface area contributed by atoms with Gasteiger partial charge in [0.1, 0.15) is 0 Å². The van der Waals surface area contributed by atoms with Gasteiger partial charge in [0.25, 0.3) is 0 Å². The fourth-order valence-corrected chi connectivity index (χ4v) is 0.489. The third-order valence-electron chi connectivity index (χ3n) is 0.868. The van der Waals surface area contributed by atoms with E-state index in [1.807, 2.05) is 0 Å². The quantitative estimate of drug-likeness (QED) is 0.299. The summed E-state index contributed by atoms with van der Waals surface area (Å²) in [5.41, 5.74) is -1.55. The maximum absolute atomic E-state index is 10.4. The second-order valence-electron chi connectivity index (χ2n) is 1.72. The first-order valence-corrected chi connectivity index (χ1v) is 4.17. The summed E-state index contributed by atoms with van der Waals surface area (Å²) in [5.74, 6) is -0.893. The molecule has 0 aromatic rings. The van der Waals surface area contributed by atoms with Crippen LogP contribution in [0.2, 0.25) is 0 Å². The van der Waals surface area contributed by atoms with Crippen molar-refractivity contribution in [3.8, 4) is 0 Å². The van der Waals surface area contributed by atoms with Crippen molar-refractivity contribution in [1.82, 2.24) is 0 Å². The summed E-state index contributed by atoms with van der Waals surface area (Å²) >= 11 is 0. The van der Waals surface area contributed by atoms with Crippen LogP contribution < -0.4 is 0 Å². The molecule has 0 saturated carbocycles. The number of carbonyl (C=O) groups is 1. The molecular weight excluding hydrogens is 196 g/mol. The number of ether oxygens (including phenoxy) is 1. The molecule has 0 aliphatic rings. The van der Waals surface area contributed by atoms with Crippen LogP contribution in [0.25, 0.3) is 0 Å². The zero-order valence-electron chi connectivity index (χ0n) is 8.56. The van der Waals surface area contributed by atoms with Crippen molar-refractivity contribution in [2.75, 3.05) is 0 Å². The summed E-state index contributed by atoms with van der Waals surface area (Å²) < 4.78 is 32.9. The first kappa shape index (κ1) is 14.4. The summed E-state index contributed by atoms with van der Waals surface area (Å²) in [5, 5.41) is 0. The molecule has 1 atom stereocenters. The summed E-state index contributed by atoms with van der Waals surface area (Å²) in [7, 11) is -4.30. The van der Waals surface area contributed by atoms with Gasteiger partial charge >= 0.3 is 39.1 Å². The number of esters is 1. The Bertz CT molecular complexity index is 265. The third kappa shape index (κ3) is 5.53. The van der Waals surface area contributed by atoms with Crippen molar-refractivity contribution in [2.24, 2.45) is 0 Å². The van der Waals surface area contributed by atoms with Crippen LogP contribution in [0.1, 0.15) is 9.78 Å². The predicted molar refractivity (Wildman–Crippen MR) is 45.3 cm³/mol. The molecule has 0 saturated heterocycles. The summed E-state index contributed by atoms with van der Waals surface area (Å²) in [6.07, 6.45) is 0.807. The van der Waals surface area contributed by atoms with Gasteiger partial charge in [0.15, 0.2) is 0 Å². The molecule has 0 radical (unpaired) electrons. The van der Waals surface area contributed by atoms with Gasteiger partial charge in [-0.1, -0.05) is 6.58 Å². The molecule has 1 unspecified atom stereocenters. The normalized spacial score (nSPS) is 12.5. The van der Waals surface area contributed by atoms with Crippen LogP contribution in [0.3, 0.4) is 0 Å². The standard InChI is InChI=1S/C5H8O5S.Mg.2H/c1-3-5(6)10-4(2)11(7,8)9;;;/h3-4H,1H2,2H3,(H,7,8,9);;;/q;+2;2*-1. The molecular formula is C5H10MgO5S. The fraction of sp³-hybridized carbons (Fsp3) is 0.400. The van der Waals surface area contributed by atoms with Gasteiger partial charge in [0.05, 0.1) is 0 Å². The summed E-state index contributed by atoms with van der Waals surface area (Å²) in [4.78, 5) is 10.4. The maximum Gasteiger partial charge on any atom is 2.00 e. The first-order chi connectivity index (χ1) is 4.88. The number of hydrogen-bond acceptors (Lipinski definition) is 4. The van der Waals surface area contributed by atoms with Gasteiger partial charge in [0, 0.05) is 6.08 Å². The van der Waals surface area contributed by atoms with Crippen molar-refractivity contribution < 1.29 is 25.4 Å². The molecule has 0 aromatic heterocycles. The van der Waals surface area contributed by atoms with E-state index in [-0.39, 0.29) is 25.9 Å². The smallest absolute Gasteiger partial charge is 1.00 e. The van der Waals surface area contributed by atoms with Gasteiger partial charge in [-0.2, -0.15) is 8.42 Å². The second-order valence-corrected chi connectivity index (χ2v) is 3.42. The van der Waals surface area contributed by atoms with Gasteiger partial charge in [-0.05, 0) is 6.92 Å². The Kier molecular flexibility index (Phi) is 6.63. The molecule has 0 aliphatic heterocycles. The number of rotatable bonds is 3. The molecule has 0 aliphatic carbocycles. The largest absolute Gasteiger partial charge is 2.00 e. The molecule has 0 amide bonds. The van der Waals surface area contributed by atoms with Crippen LogP contribution >= 0.6 is 0 Å². The Morgan fingerprint density at radius 2 is 2.17 bits per heavy atom. The minimum absolute atomic E-state index is 0. The first-order valence-electron chi connectivity index (χ1n) is 2.67. The number of carbonyl (C=O) groups excluding carboxylic acids is 1. The van der Waals surface area contributed by atoms with Crippen LogP contribution in [0.4, 0.5) is 0 Å². The van der Waals surface area contributed by atoms with Gasteiger partial charge in [-0.25, -0.2) is 4.79 Å². The second kappa shape index (κ2) is 5.52. The average Bonchev–Trinajstić information content (AvgIpc) is 1.85. The van der Waals surface area contributed by atoms with Crippen LogP contribution in [-0.4, -0.2) is 47.4 Å². The van der Waals surface area contributed by atoms with Gasteiger partial charge in [0.2, 0.25) is 5.44 Å². The zero-order chi connectivity index (χ0) is 9.07. The van der Waals surface area contributed by atoms with Crippen LogP contribution in [-0.2, 0) is 19.6 Å². The molecule has 0 bridgehead atoms. The van der Waals surface area contributed by atoms with Crippen molar-refractivity contribution in [2.45, 2.75) is 12.4 Å². The predicted octanol–water partition coefficient (Wildman–Crippen LogP) is -0.206. The molecule has 1 N–H and O–H groups in total. The van der Waals surface area contributed by atoms with E-state index >= 15 is 0 Å². The minimum atomic E-state index is -4.30. The average molecular weight is 207 g/mol. The number of hydrogen-bond donors (Lipinski definition) is 1. The van der Waals surface area contributed by atoms with Gasteiger partial charge in [-0.15, -0.1) is 0 Å². The van der Waals surface area contributed by atoms with Crippen molar-refractivity contribution in [3.63, 3.8) is 0 Å². The van der Waals surface area contributed by atoms with E-state index in [4.69, 9.17) is 4.55 Å². The van der Waals surface area contributed by atoms with E-state index in [2.05, 4.69) is 11.3 Å². The SMILES string of the molecule is C=CC(=O)OC(C)S(=O)(=O)O.[H-].[H-].[Mg+2]. The molecule has 0 aromatic carbocycles. The Morgan fingerprint density at radius 1 is 1.75 bits per heavy atom. The van der Waals surface area contributed by atoms with E-state index < -0.39 is 21.5 Å². The topological polar surface area (TPSA) is 80.7 Å². The zero-order valence-corrected chi connectivity index (χ0v) is 8.79. The van der Waals surface area contributed by atoms with Crippen molar-refractivity contribution >= 4 is 39.1 Å². The Hall–Kier alpha value is -0.114. The summed E-state index contributed by atoms with van der Waals surface area (Å²) in [6.45, 7) is 4.08. The third-order valence-corrected chi connectivity index (χ3v) is 1.80. The van der Waals surface area contributed by atoms with Crippen LogP contribution in [0, 0.1) is 0 Å². The van der Waals surface area contributed by atoms with Crippen molar-refractivity contribution in [1.29, 1.82) is 0 Å². The van der Waals surface area contributed by atoms with Crippen molar-refractivity contribution in [3.05, 3.63) is 12.7 Å². The fourth-order valence-electron chi connectivity index (χ4n) is 0.272. The van der Waals surface area contributed by atoms with E-state index in [0.29, 0.717) is 0 Å². The van der Waals surface area contributed by atoms with E-state index in [1.54, 1.807) is 0 Å². The molecule has 5 nitrogen and oxygen atoms in total. The minimum Gasteiger partial charge on any atom is -1.00 e. The van der Waals surface area contributed by atoms with Gasteiger partial charge < -0.3 is 7.59 Å². The molecule has 0 rings (SSSR count). The maximum atomic E-state index is 10.4. The molecule has 68 valence electrons. The van der Waals surface area contributed by atoms with Gasteiger partial charge in [-0.3, -0.25) is 4.55 Å². The molecule has 7 heteroatoms. The molecule has 0 heterocycles. The summed E-state index contributed by atoms with van der Waals surface area (Å²) in [6, 6.07) is 0. The Morgan fingerprint density at radius 3 is 2.42 bits per heavy atom. The van der Waals surface area contributed by atoms with E-state index in [0.717, 1.165) is 13.0 Å².